The third kappa shape index (κ3) is 14.3. The Labute approximate surface area is 201 Å². The summed E-state index contributed by atoms with van der Waals surface area (Å²) in [6.07, 6.45) is 13.5. The summed E-state index contributed by atoms with van der Waals surface area (Å²) in [5.41, 5.74) is 0. The number of carbonyl (C=O) groups is 1. The van der Waals surface area contributed by atoms with E-state index in [2.05, 4.69) is 6.92 Å². The second kappa shape index (κ2) is 19.8. The normalized spacial score (nSPS) is 13.0. The average Bonchev–Trinajstić information content (AvgIpc) is 2.82. The molecule has 1 aromatic rings. The van der Waals surface area contributed by atoms with E-state index < -0.39 is 11.8 Å². The monoisotopic (exact) mass is 466 g/mol. The molecule has 6 nitrogen and oxygen atoms in total. The zero-order valence-corrected chi connectivity index (χ0v) is 20.9. The first-order chi connectivity index (χ1) is 16.1. The zero-order valence-electron chi connectivity index (χ0n) is 20.9. The first-order valence-electron chi connectivity index (χ1n) is 12.9. The summed E-state index contributed by atoms with van der Waals surface area (Å²) in [6.45, 7) is 6.22. The van der Waals surface area contributed by atoms with Crippen molar-refractivity contribution in [3.05, 3.63) is 30.3 Å². The fourth-order valence-electron chi connectivity index (χ4n) is 3.70. The maximum absolute atomic E-state index is 12.2. The lowest BCUT2D eigenvalue weighted by atomic mass is 10.0. The number of unbranched alkanes of at least 4 members (excludes halogenated alkanes) is 10. The van der Waals surface area contributed by atoms with E-state index in [4.69, 9.17) is 18.9 Å². The molecule has 0 heterocycles. The van der Waals surface area contributed by atoms with E-state index in [-0.39, 0.29) is 6.61 Å². The Morgan fingerprint density at radius 1 is 0.758 bits per heavy atom. The van der Waals surface area contributed by atoms with Crippen LogP contribution in [0, 0.1) is 0 Å². The van der Waals surface area contributed by atoms with Gasteiger partial charge in [0.2, 0.25) is 0 Å². The molecule has 0 fully saturated rings. The first kappa shape index (κ1) is 29.4. The third-order valence-electron chi connectivity index (χ3n) is 5.60. The van der Waals surface area contributed by atoms with E-state index in [1.165, 1.54) is 51.4 Å². The molecule has 0 radical (unpaired) electrons. The molecule has 0 amide bonds. The van der Waals surface area contributed by atoms with Gasteiger partial charge in [-0.1, -0.05) is 89.3 Å². The molecule has 0 aliphatic rings. The topological polar surface area (TPSA) is 74.2 Å². The molecule has 0 spiro atoms. The van der Waals surface area contributed by atoms with Gasteiger partial charge in [0.05, 0.1) is 26.4 Å². The van der Waals surface area contributed by atoms with Crippen LogP contribution in [0.2, 0.25) is 0 Å². The highest BCUT2D eigenvalue weighted by molar-refractivity contribution is 5.76. The molecule has 0 aromatic heterocycles. The van der Waals surface area contributed by atoms with Gasteiger partial charge in [-0.05, 0) is 25.5 Å². The number of rotatable bonds is 23. The standard InChI is InChI=1S/C27H46O6/c1-3-5-6-7-8-9-10-11-12-13-17-20-27(26(28)29,33-25-18-15-14-16-19-25)32-24-23-31-22-21-30-4-2/h14-16,18-19H,3-13,17,20-24H2,1-2H3,(H,28,29). The molecule has 33 heavy (non-hydrogen) atoms. The highest BCUT2D eigenvalue weighted by Gasteiger charge is 2.42. The van der Waals surface area contributed by atoms with E-state index >= 15 is 0 Å². The van der Waals surface area contributed by atoms with Gasteiger partial charge in [-0.15, -0.1) is 0 Å². The van der Waals surface area contributed by atoms with Crippen LogP contribution in [0.5, 0.6) is 5.75 Å². The Bertz CT molecular complexity index is 579. The number of aliphatic carboxylic acids is 1. The van der Waals surface area contributed by atoms with Gasteiger partial charge in [0.25, 0.3) is 0 Å². The molecule has 0 saturated carbocycles. The van der Waals surface area contributed by atoms with E-state index in [9.17, 15) is 9.90 Å². The van der Waals surface area contributed by atoms with Crippen molar-refractivity contribution in [2.24, 2.45) is 0 Å². The minimum absolute atomic E-state index is 0.142. The molecular formula is C27H46O6. The van der Waals surface area contributed by atoms with Crippen LogP contribution < -0.4 is 4.74 Å². The van der Waals surface area contributed by atoms with E-state index in [1.54, 1.807) is 12.1 Å². The average molecular weight is 467 g/mol. The number of hydrogen-bond acceptors (Lipinski definition) is 5. The van der Waals surface area contributed by atoms with Crippen molar-refractivity contribution in [2.75, 3.05) is 33.0 Å². The zero-order chi connectivity index (χ0) is 24.0. The Morgan fingerprint density at radius 3 is 1.88 bits per heavy atom. The number of benzene rings is 1. The summed E-state index contributed by atoms with van der Waals surface area (Å²) in [6, 6.07) is 9.01. The van der Waals surface area contributed by atoms with Crippen LogP contribution in [0.4, 0.5) is 0 Å². The lowest BCUT2D eigenvalue weighted by Gasteiger charge is -2.30. The molecule has 1 aromatic carbocycles. The summed E-state index contributed by atoms with van der Waals surface area (Å²) in [5, 5.41) is 10.0. The van der Waals surface area contributed by atoms with Crippen LogP contribution in [0.3, 0.4) is 0 Å². The Hall–Kier alpha value is -1.63. The van der Waals surface area contributed by atoms with Crippen molar-refractivity contribution in [3.8, 4) is 5.75 Å². The Balaban J connectivity index is 2.43. The fraction of sp³-hybridized carbons (Fsp3) is 0.741. The number of para-hydroxylation sites is 1. The van der Waals surface area contributed by atoms with Crippen LogP contribution in [-0.4, -0.2) is 49.9 Å². The van der Waals surface area contributed by atoms with Gasteiger partial charge in [-0.3, -0.25) is 0 Å². The van der Waals surface area contributed by atoms with Crippen molar-refractivity contribution in [2.45, 2.75) is 96.7 Å². The van der Waals surface area contributed by atoms with Gasteiger partial charge in [-0.2, -0.15) is 0 Å². The molecular weight excluding hydrogens is 420 g/mol. The lowest BCUT2D eigenvalue weighted by Crippen LogP contribution is -2.48. The molecule has 0 aliphatic heterocycles. The summed E-state index contributed by atoms with van der Waals surface area (Å²) >= 11 is 0. The molecule has 1 rings (SSSR count). The number of hydrogen-bond donors (Lipinski definition) is 1. The predicted molar refractivity (Wildman–Crippen MR) is 132 cm³/mol. The van der Waals surface area contributed by atoms with Crippen LogP contribution in [0.25, 0.3) is 0 Å². The maximum Gasteiger partial charge on any atom is 0.377 e. The fourth-order valence-corrected chi connectivity index (χ4v) is 3.70. The van der Waals surface area contributed by atoms with Crippen LogP contribution in [0.1, 0.15) is 90.9 Å². The van der Waals surface area contributed by atoms with Crippen LogP contribution in [-0.2, 0) is 19.0 Å². The molecule has 0 bridgehead atoms. The van der Waals surface area contributed by atoms with Crippen molar-refractivity contribution in [1.29, 1.82) is 0 Å². The lowest BCUT2D eigenvalue weighted by molar-refractivity contribution is -0.218. The molecule has 1 N–H and O–H groups in total. The van der Waals surface area contributed by atoms with Gasteiger partial charge in [0.1, 0.15) is 5.75 Å². The first-order valence-corrected chi connectivity index (χ1v) is 12.9. The minimum atomic E-state index is -1.70. The number of carboxylic acids is 1. The molecule has 0 saturated heterocycles. The maximum atomic E-state index is 12.2. The number of carboxylic acid groups (broad SMARTS) is 1. The van der Waals surface area contributed by atoms with E-state index in [1.807, 2.05) is 25.1 Å². The SMILES string of the molecule is CCCCCCCCCCCCCC(OCCOCCOCC)(Oc1ccccc1)C(=O)O. The summed E-state index contributed by atoms with van der Waals surface area (Å²) in [4.78, 5) is 12.2. The van der Waals surface area contributed by atoms with Gasteiger partial charge >= 0.3 is 11.8 Å². The smallest absolute Gasteiger partial charge is 0.377 e. The van der Waals surface area contributed by atoms with E-state index in [0.717, 1.165) is 19.3 Å². The van der Waals surface area contributed by atoms with Gasteiger partial charge in [0, 0.05) is 13.0 Å². The van der Waals surface area contributed by atoms with E-state index in [0.29, 0.717) is 38.6 Å². The minimum Gasteiger partial charge on any atom is -0.476 e. The highest BCUT2D eigenvalue weighted by Crippen LogP contribution is 2.26. The second-order valence-corrected chi connectivity index (χ2v) is 8.42. The second-order valence-electron chi connectivity index (χ2n) is 8.42. The van der Waals surface area contributed by atoms with Gasteiger partial charge in [0.15, 0.2) is 0 Å². The molecule has 1 atom stereocenters. The highest BCUT2D eigenvalue weighted by atomic mass is 16.7. The van der Waals surface area contributed by atoms with Crippen molar-refractivity contribution < 1.29 is 28.8 Å². The third-order valence-corrected chi connectivity index (χ3v) is 5.60. The van der Waals surface area contributed by atoms with Crippen LogP contribution >= 0.6 is 0 Å². The predicted octanol–water partition coefficient (Wildman–Crippen LogP) is 6.62. The van der Waals surface area contributed by atoms with Gasteiger partial charge in [-0.25, -0.2) is 4.79 Å². The van der Waals surface area contributed by atoms with Crippen molar-refractivity contribution >= 4 is 5.97 Å². The molecule has 0 aliphatic carbocycles. The summed E-state index contributed by atoms with van der Waals surface area (Å²) < 4.78 is 22.4. The quantitative estimate of drug-likeness (QED) is 0.144. The molecule has 6 heteroatoms. The summed E-state index contributed by atoms with van der Waals surface area (Å²) in [5.74, 6) is -2.32. The Kier molecular flexibility index (Phi) is 17.6. The Morgan fingerprint density at radius 2 is 1.30 bits per heavy atom. The molecule has 1 unspecified atom stereocenters. The van der Waals surface area contributed by atoms with Crippen molar-refractivity contribution in [3.63, 3.8) is 0 Å². The largest absolute Gasteiger partial charge is 0.476 e. The summed E-state index contributed by atoms with van der Waals surface area (Å²) in [7, 11) is 0. The number of ether oxygens (including phenoxy) is 4. The molecule has 190 valence electrons. The van der Waals surface area contributed by atoms with Gasteiger partial charge < -0.3 is 24.1 Å². The van der Waals surface area contributed by atoms with Crippen molar-refractivity contribution in [1.82, 2.24) is 0 Å². The van der Waals surface area contributed by atoms with Crippen LogP contribution in [0.15, 0.2) is 30.3 Å².